The summed E-state index contributed by atoms with van der Waals surface area (Å²) in [4.78, 5) is 12.4. The molecule has 6 heteroatoms. The van der Waals surface area contributed by atoms with Gasteiger partial charge in [0.15, 0.2) is 11.5 Å². The van der Waals surface area contributed by atoms with Crippen molar-refractivity contribution in [3.63, 3.8) is 0 Å². The first kappa shape index (κ1) is 16.0. The molecule has 3 rings (SSSR count). The highest BCUT2D eigenvalue weighted by Crippen LogP contribution is 2.38. The van der Waals surface area contributed by atoms with E-state index in [-0.39, 0.29) is 18.8 Å². The summed E-state index contributed by atoms with van der Waals surface area (Å²) in [5.41, 5.74) is 7.37. The lowest BCUT2D eigenvalue weighted by Crippen LogP contribution is -2.13. The van der Waals surface area contributed by atoms with E-state index in [1.165, 1.54) is 0 Å². The lowest BCUT2D eigenvalue weighted by molar-refractivity contribution is 0.102. The Morgan fingerprint density at radius 1 is 1.25 bits per heavy atom. The molecule has 0 fully saturated rings. The molecule has 1 atom stereocenters. The number of hydrogen-bond acceptors (Lipinski definition) is 5. The van der Waals surface area contributed by atoms with Crippen LogP contribution in [0, 0.1) is 0 Å². The van der Waals surface area contributed by atoms with E-state index in [9.17, 15) is 4.79 Å². The third-order valence-corrected chi connectivity index (χ3v) is 3.82. The normalized spacial score (nSPS) is 13.4. The first-order valence-electron chi connectivity index (χ1n) is 7.84. The molecular formula is C18H20N2O4. The lowest BCUT2D eigenvalue weighted by atomic mass is 10.2. The van der Waals surface area contributed by atoms with E-state index in [4.69, 9.17) is 19.9 Å². The van der Waals surface area contributed by atoms with E-state index in [0.29, 0.717) is 28.4 Å². The smallest absolute Gasteiger partial charge is 0.255 e. The van der Waals surface area contributed by atoms with Gasteiger partial charge in [-0.05, 0) is 37.6 Å². The largest absolute Gasteiger partial charge is 0.491 e. The van der Waals surface area contributed by atoms with Gasteiger partial charge in [0.05, 0.1) is 17.5 Å². The number of amides is 1. The number of nitrogen functional groups attached to an aromatic ring is 1. The highest BCUT2D eigenvalue weighted by molar-refractivity contribution is 6.06. The van der Waals surface area contributed by atoms with Crippen molar-refractivity contribution in [1.82, 2.24) is 0 Å². The summed E-state index contributed by atoms with van der Waals surface area (Å²) in [6, 6.07) is 10.3. The van der Waals surface area contributed by atoms with Gasteiger partial charge in [-0.25, -0.2) is 0 Å². The Hall–Kier alpha value is -2.89. The fraction of sp³-hybridized carbons (Fsp3) is 0.278. The molecule has 0 saturated heterocycles. The minimum absolute atomic E-state index is 0.137. The molecule has 2 aromatic rings. The van der Waals surface area contributed by atoms with Crippen LogP contribution < -0.4 is 25.3 Å². The second-order valence-corrected chi connectivity index (χ2v) is 5.61. The second kappa shape index (κ2) is 6.70. The zero-order valence-electron chi connectivity index (χ0n) is 13.7. The third-order valence-electron chi connectivity index (χ3n) is 3.82. The average molecular weight is 328 g/mol. The first-order valence-corrected chi connectivity index (χ1v) is 7.84. The van der Waals surface area contributed by atoms with Crippen LogP contribution in [0.15, 0.2) is 36.4 Å². The predicted octanol–water partition coefficient (Wildman–Crippen LogP) is 3.43. The van der Waals surface area contributed by atoms with Crippen LogP contribution in [-0.2, 0) is 0 Å². The fourth-order valence-corrected chi connectivity index (χ4v) is 2.26. The van der Waals surface area contributed by atoms with Gasteiger partial charge >= 0.3 is 0 Å². The molecule has 0 aliphatic carbocycles. The van der Waals surface area contributed by atoms with Crippen molar-refractivity contribution in [2.45, 2.75) is 26.4 Å². The Balaban J connectivity index is 1.71. The summed E-state index contributed by atoms with van der Waals surface area (Å²) in [5.74, 6) is 1.63. The highest BCUT2D eigenvalue weighted by atomic mass is 16.7. The molecule has 2 aromatic carbocycles. The summed E-state index contributed by atoms with van der Waals surface area (Å²) < 4.78 is 16.3. The Bertz CT molecular complexity index is 743. The monoisotopic (exact) mass is 328 g/mol. The van der Waals surface area contributed by atoms with E-state index in [2.05, 4.69) is 12.2 Å². The number of carbonyl (C=O) groups excluding carboxylic acids is 1. The Morgan fingerprint density at radius 3 is 2.58 bits per heavy atom. The maximum absolute atomic E-state index is 12.4. The van der Waals surface area contributed by atoms with Gasteiger partial charge in [-0.2, -0.15) is 0 Å². The molecule has 6 nitrogen and oxygen atoms in total. The number of nitrogens with two attached hydrogens (primary N) is 1. The molecule has 1 heterocycles. The number of carbonyl (C=O) groups is 1. The SMILES string of the molecule is CCC(C)Oc1ccc(C(=O)Nc2cc3c(cc2N)OCO3)cc1. The van der Waals surface area contributed by atoms with E-state index < -0.39 is 0 Å². The number of ether oxygens (including phenoxy) is 3. The van der Waals surface area contributed by atoms with E-state index in [1.807, 2.05) is 6.92 Å². The summed E-state index contributed by atoms with van der Waals surface area (Å²) >= 11 is 0. The molecule has 24 heavy (non-hydrogen) atoms. The van der Waals surface area contributed by atoms with E-state index in [0.717, 1.165) is 12.2 Å². The number of hydrogen-bond donors (Lipinski definition) is 2. The maximum atomic E-state index is 12.4. The van der Waals surface area contributed by atoms with Crippen molar-refractivity contribution in [2.24, 2.45) is 0 Å². The molecule has 0 bridgehead atoms. The molecule has 0 aromatic heterocycles. The van der Waals surface area contributed by atoms with Gasteiger partial charge in [0.2, 0.25) is 6.79 Å². The van der Waals surface area contributed by atoms with Crippen molar-refractivity contribution in [1.29, 1.82) is 0 Å². The van der Waals surface area contributed by atoms with Gasteiger partial charge in [0.1, 0.15) is 5.75 Å². The van der Waals surface area contributed by atoms with Crippen molar-refractivity contribution in [3.05, 3.63) is 42.0 Å². The third kappa shape index (κ3) is 3.37. The van der Waals surface area contributed by atoms with Crippen LogP contribution in [0.1, 0.15) is 30.6 Å². The van der Waals surface area contributed by atoms with Crippen molar-refractivity contribution in [2.75, 3.05) is 17.8 Å². The van der Waals surface area contributed by atoms with Gasteiger partial charge < -0.3 is 25.3 Å². The number of benzene rings is 2. The maximum Gasteiger partial charge on any atom is 0.255 e. The zero-order valence-corrected chi connectivity index (χ0v) is 13.7. The molecule has 0 spiro atoms. The number of anilines is 2. The summed E-state index contributed by atoms with van der Waals surface area (Å²) in [6.45, 7) is 4.22. The van der Waals surface area contributed by atoms with Crippen LogP contribution in [0.5, 0.6) is 17.2 Å². The van der Waals surface area contributed by atoms with Crippen LogP contribution in [0.25, 0.3) is 0 Å². The lowest BCUT2D eigenvalue weighted by Gasteiger charge is -2.13. The molecule has 1 aliphatic heterocycles. The molecule has 0 saturated carbocycles. The summed E-state index contributed by atoms with van der Waals surface area (Å²) in [7, 11) is 0. The molecule has 126 valence electrons. The van der Waals surface area contributed by atoms with Gasteiger partial charge in [0, 0.05) is 17.7 Å². The van der Waals surface area contributed by atoms with Gasteiger partial charge in [-0.1, -0.05) is 6.92 Å². The molecule has 0 radical (unpaired) electrons. The second-order valence-electron chi connectivity index (χ2n) is 5.61. The Morgan fingerprint density at radius 2 is 1.92 bits per heavy atom. The van der Waals surface area contributed by atoms with Crippen LogP contribution in [0.2, 0.25) is 0 Å². The highest BCUT2D eigenvalue weighted by Gasteiger charge is 2.17. The fourth-order valence-electron chi connectivity index (χ4n) is 2.26. The minimum Gasteiger partial charge on any atom is -0.491 e. The zero-order chi connectivity index (χ0) is 17.1. The Kier molecular flexibility index (Phi) is 4.46. The number of fused-ring (bicyclic) bond motifs is 1. The topological polar surface area (TPSA) is 82.8 Å². The van der Waals surface area contributed by atoms with E-state index >= 15 is 0 Å². The van der Waals surface area contributed by atoms with Crippen LogP contribution in [-0.4, -0.2) is 18.8 Å². The van der Waals surface area contributed by atoms with Crippen molar-refractivity contribution >= 4 is 17.3 Å². The number of rotatable bonds is 5. The molecule has 1 unspecified atom stereocenters. The number of nitrogens with one attached hydrogen (secondary N) is 1. The summed E-state index contributed by atoms with van der Waals surface area (Å²) in [5, 5.41) is 2.79. The average Bonchev–Trinajstić information content (AvgIpc) is 3.02. The molecular weight excluding hydrogens is 308 g/mol. The first-order chi connectivity index (χ1) is 11.6. The van der Waals surface area contributed by atoms with E-state index in [1.54, 1.807) is 36.4 Å². The molecule has 3 N–H and O–H groups in total. The van der Waals surface area contributed by atoms with Crippen LogP contribution in [0.3, 0.4) is 0 Å². The minimum atomic E-state index is -0.254. The standard InChI is InChI=1S/C18H20N2O4/c1-3-11(2)24-13-6-4-12(5-7-13)18(21)20-15-9-17-16(8-14(15)19)22-10-23-17/h4-9,11H,3,10,19H2,1-2H3,(H,20,21). The van der Waals surface area contributed by atoms with Crippen molar-refractivity contribution in [3.8, 4) is 17.2 Å². The molecule has 1 amide bonds. The molecule has 1 aliphatic rings. The van der Waals surface area contributed by atoms with Crippen molar-refractivity contribution < 1.29 is 19.0 Å². The van der Waals surface area contributed by atoms with Crippen LogP contribution >= 0.6 is 0 Å². The van der Waals surface area contributed by atoms with Gasteiger partial charge in [-0.3, -0.25) is 4.79 Å². The van der Waals surface area contributed by atoms with Gasteiger partial charge in [-0.15, -0.1) is 0 Å². The van der Waals surface area contributed by atoms with Crippen LogP contribution in [0.4, 0.5) is 11.4 Å². The summed E-state index contributed by atoms with van der Waals surface area (Å²) in [6.07, 6.45) is 1.06. The predicted molar refractivity (Wildman–Crippen MR) is 91.8 cm³/mol. The Labute approximate surface area is 140 Å². The van der Waals surface area contributed by atoms with Gasteiger partial charge in [0.25, 0.3) is 5.91 Å². The quantitative estimate of drug-likeness (QED) is 0.822.